The molecule has 0 aliphatic rings. The Balaban J connectivity index is 1.65. The van der Waals surface area contributed by atoms with Crippen LogP contribution in [0, 0.1) is 6.92 Å². The minimum Gasteiger partial charge on any atom is -0.324 e. The standard InChI is InChI=1S/C18H14ClF3N4OS/c1-10-5-7-11(8-6-10)16-24-17(26-25-16)28-9-14(27)23-15-12(18(20,21)22)3-2-4-13(15)19/h2-8H,9H2,1H3,(H,23,27)(H,24,25,26). The topological polar surface area (TPSA) is 70.7 Å². The lowest BCUT2D eigenvalue weighted by Crippen LogP contribution is -2.18. The fourth-order valence-corrected chi connectivity index (χ4v) is 3.16. The van der Waals surface area contributed by atoms with Crippen molar-refractivity contribution in [3.8, 4) is 11.4 Å². The predicted octanol–water partition coefficient (Wildman–Crippen LogP) is 5.18. The SMILES string of the molecule is Cc1ccc(-c2nc(SCC(=O)Nc3c(Cl)cccc3C(F)(F)F)n[nH]2)cc1. The van der Waals surface area contributed by atoms with Crippen LogP contribution in [0.2, 0.25) is 5.02 Å². The first kappa shape index (κ1) is 20.2. The number of hydrogen-bond acceptors (Lipinski definition) is 4. The molecule has 2 aromatic carbocycles. The second-order valence-electron chi connectivity index (χ2n) is 5.83. The molecule has 0 saturated heterocycles. The van der Waals surface area contributed by atoms with Gasteiger partial charge in [-0.2, -0.15) is 13.2 Å². The number of para-hydroxylation sites is 1. The number of halogens is 4. The van der Waals surface area contributed by atoms with Crippen LogP contribution < -0.4 is 5.32 Å². The highest BCUT2D eigenvalue weighted by Crippen LogP contribution is 2.38. The molecule has 2 N–H and O–H groups in total. The van der Waals surface area contributed by atoms with Gasteiger partial charge in [0.2, 0.25) is 11.1 Å². The molecule has 1 amide bonds. The first-order valence-electron chi connectivity index (χ1n) is 8.02. The van der Waals surface area contributed by atoms with E-state index < -0.39 is 23.3 Å². The van der Waals surface area contributed by atoms with E-state index in [1.54, 1.807) is 0 Å². The van der Waals surface area contributed by atoms with Gasteiger partial charge in [0.25, 0.3) is 0 Å². The van der Waals surface area contributed by atoms with Gasteiger partial charge >= 0.3 is 6.18 Å². The minimum absolute atomic E-state index is 0.173. The van der Waals surface area contributed by atoms with Gasteiger partial charge in [-0.15, -0.1) is 5.10 Å². The van der Waals surface area contributed by atoms with Crippen molar-refractivity contribution in [1.29, 1.82) is 0 Å². The number of aryl methyl sites for hydroxylation is 1. The number of amides is 1. The predicted molar refractivity (Wildman–Crippen MR) is 102 cm³/mol. The normalized spacial score (nSPS) is 11.5. The van der Waals surface area contributed by atoms with E-state index in [0.29, 0.717) is 11.0 Å². The molecule has 0 atom stereocenters. The quantitative estimate of drug-likeness (QED) is 0.551. The smallest absolute Gasteiger partial charge is 0.324 e. The highest BCUT2D eigenvalue weighted by atomic mass is 35.5. The summed E-state index contributed by atoms with van der Waals surface area (Å²) >= 11 is 6.82. The molecule has 1 aromatic heterocycles. The Labute approximate surface area is 167 Å². The van der Waals surface area contributed by atoms with E-state index in [-0.39, 0.29) is 10.8 Å². The molecular formula is C18H14ClF3N4OS. The van der Waals surface area contributed by atoms with E-state index in [2.05, 4.69) is 20.5 Å². The Morgan fingerprint density at radius 3 is 2.61 bits per heavy atom. The maximum atomic E-state index is 13.1. The molecule has 1 heterocycles. The third kappa shape index (κ3) is 4.85. The summed E-state index contributed by atoms with van der Waals surface area (Å²) < 4.78 is 39.2. The molecule has 3 aromatic rings. The number of benzene rings is 2. The molecule has 0 bridgehead atoms. The largest absolute Gasteiger partial charge is 0.418 e. The number of aromatic amines is 1. The van der Waals surface area contributed by atoms with E-state index in [1.807, 2.05) is 31.2 Å². The summed E-state index contributed by atoms with van der Waals surface area (Å²) in [5.74, 6) is -0.285. The van der Waals surface area contributed by atoms with Crippen LogP contribution in [0.5, 0.6) is 0 Å². The zero-order valence-corrected chi connectivity index (χ0v) is 16.0. The molecular weight excluding hydrogens is 413 g/mol. The third-order valence-electron chi connectivity index (χ3n) is 3.71. The summed E-state index contributed by atoms with van der Waals surface area (Å²) in [5.41, 5.74) is 0.475. The van der Waals surface area contributed by atoms with Crippen LogP contribution in [-0.4, -0.2) is 26.8 Å². The number of hydrogen-bond donors (Lipinski definition) is 2. The first-order valence-corrected chi connectivity index (χ1v) is 9.38. The summed E-state index contributed by atoms with van der Waals surface area (Å²) in [6.07, 6.45) is -4.63. The Morgan fingerprint density at radius 1 is 1.21 bits per heavy atom. The molecule has 0 radical (unpaired) electrons. The van der Waals surface area contributed by atoms with Crippen molar-refractivity contribution in [1.82, 2.24) is 15.2 Å². The van der Waals surface area contributed by atoms with E-state index >= 15 is 0 Å². The summed E-state index contributed by atoms with van der Waals surface area (Å²) in [4.78, 5) is 16.4. The van der Waals surface area contributed by atoms with E-state index in [1.165, 1.54) is 12.1 Å². The van der Waals surface area contributed by atoms with Crippen molar-refractivity contribution in [2.45, 2.75) is 18.3 Å². The van der Waals surface area contributed by atoms with Gasteiger partial charge < -0.3 is 5.32 Å². The van der Waals surface area contributed by atoms with E-state index in [9.17, 15) is 18.0 Å². The van der Waals surface area contributed by atoms with Crippen LogP contribution in [0.4, 0.5) is 18.9 Å². The molecule has 0 aliphatic heterocycles. The molecule has 0 unspecified atom stereocenters. The number of thioether (sulfide) groups is 1. The zero-order chi connectivity index (χ0) is 20.3. The van der Waals surface area contributed by atoms with Gasteiger partial charge in [0, 0.05) is 5.56 Å². The zero-order valence-electron chi connectivity index (χ0n) is 14.5. The lowest BCUT2D eigenvalue weighted by molar-refractivity contribution is -0.137. The van der Waals surface area contributed by atoms with Crippen LogP contribution >= 0.6 is 23.4 Å². The minimum atomic E-state index is -4.63. The number of H-pyrrole nitrogens is 1. The number of carbonyl (C=O) groups excluding carboxylic acids is 1. The summed E-state index contributed by atoms with van der Waals surface area (Å²) in [6, 6.07) is 10.9. The van der Waals surface area contributed by atoms with Gasteiger partial charge in [-0.05, 0) is 19.1 Å². The first-order chi connectivity index (χ1) is 13.2. The number of carbonyl (C=O) groups is 1. The van der Waals surface area contributed by atoms with Gasteiger partial charge in [0.1, 0.15) is 0 Å². The van der Waals surface area contributed by atoms with Crippen LogP contribution in [-0.2, 0) is 11.0 Å². The van der Waals surface area contributed by atoms with Gasteiger partial charge in [-0.1, -0.05) is 59.3 Å². The van der Waals surface area contributed by atoms with E-state index in [4.69, 9.17) is 11.6 Å². The molecule has 0 saturated carbocycles. The Bertz CT molecular complexity index is 989. The maximum absolute atomic E-state index is 13.1. The van der Waals surface area contributed by atoms with E-state index in [0.717, 1.165) is 29.0 Å². The van der Waals surface area contributed by atoms with Crippen molar-refractivity contribution in [3.05, 3.63) is 58.6 Å². The number of alkyl halides is 3. The van der Waals surface area contributed by atoms with Crippen molar-refractivity contribution in [2.75, 3.05) is 11.1 Å². The highest BCUT2D eigenvalue weighted by molar-refractivity contribution is 7.99. The highest BCUT2D eigenvalue weighted by Gasteiger charge is 2.34. The Hall–Kier alpha value is -2.52. The molecule has 10 heteroatoms. The van der Waals surface area contributed by atoms with Gasteiger partial charge in [0.05, 0.1) is 22.0 Å². The molecule has 28 heavy (non-hydrogen) atoms. The van der Waals surface area contributed by atoms with Crippen molar-refractivity contribution in [2.24, 2.45) is 0 Å². The van der Waals surface area contributed by atoms with Crippen molar-refractivity contribution in [3.63, 3.8) is 0 Å². The molecule has 0 spiro atoms. The number of aromatic nitrogens is 3. The van der Waals surface area contributed by atoms with Gasteiger partial charge in [0.15, 0.2) is 5.82 Å². The fourth-order valence-electron chi connectivity index (χ4n) is 2.34. The lowest BCUT2D eigenvalue weighted by Gasteiger charge is -2.14. The van der Waals surface area contributed by atoms with Gasteiger partial charge in [-0.25, -0.2) is 4.98 Å². The molecule has 146 valence electrons. The average Bonchev–Trinajstić information content (AvgIpc) is 3.10. The molecule has 0 fully saturated rings. The second-order valence-corrected chi connectivity index (χ2v) is 7.18. The second kappa shape index (κ2) is 8.24. The summed E-state index contributed by atoms with van der Waals surface area (Å²) in [5, 5.41) is 9.12. The van der Waals surface area contributed by atoms with Crippen LogP contribution in [0.15, 0.2) is 47.6 Å². The third-order valence-corrected chi connectivity index (χ3v) is 4.87. The Morgan fingerprint density at radius 2 is 1.93 bits per heavy atom. The van der Waals surface area contributed by atoms with Crippen molar-refractivity contribution >= 4 is 35.0 Å². The van der Waals surface area contributed by atoms with Crippen LogP contribution in [0.1, 0.15) is 11.1 Å². The van der Waals surface area contributed by atoms with Crippen molar-refractivity contribution < 1.29 is 18.0 Å². The Kier molecular flexibility index (Phi) is 5.95. The molecule has 0 aliphatic carbocycles. The van der Waals surface area contributed by atoms with Crippen LogP contribution in [0.3, 0.4) is 0 Å². The number of anilines is 1. The lowest BCUT2D eigenvalue weighted by atomic mass is 10.1. The molecule has 5 nitrogen and oxygen atoms in total. The monoisotopic (exact) mass is 426 g/mol. The fraction of sp³-hybridized carbons (Fsp3) is 0.167. The average molecular weight is 427 g/mol. The summed E-state index contributed by atoms with van der Waals surface area (Å²) in [7, 11) is 0. The number of nitrogens with one attached hydrogen (secondary N) is 2. The maximum Gasteiger partial charge on any atom is 0.418 e. The number of rotatable bonds is 5. The molecule has 3 rings (SSSR count). The van der Waals surface area contributed by atoms with Gasteiger partial charge in [-0.3, -0.25) is 9.89 Å². The summed E-state index contributed by atoms with van der Waals surface area (Å²) in [6.45, 7) is 1.97. The number of nitrogens with zero attached hydrogens (tertiary/aromatic N) is 2. The van der Waals surface area contributed by atoms with Crippen LogP contribution in [0.25, 0.3) is 11.4 Å².